The minimum Gasteiger partial charge on any atom is -0.355 e. The molecule has 1 saturated carbocycles. The van der Waals surface area contributed by atoms with Gasteiger partial charge in [0.05, 0.1) is 16.6 Å². The molecule has 0 bridgehead atoms. The molecular weight excluding hydrogens is 346 g/mol. The lowest BCUT2D eigenvalue weighted by molar-refractivity contribution is 0.0964. The van der Waals surface area contributed by atoms with E-state index in [1.165, 1.54) is 0 Å². The maximum absolute atomic E-state index is 12.5. The van der Waals surface area contributed by atoms with E-state index in [1.807, 2.05) is 19.9 Å². The minimum absolute atomic E-state index is 0.0288. The number of carbonyl (C=O) groups excluding carboxylic acids is 2. The van der Waals surface area contributed by atoms with Crippen LogP contribution in [0.15, 0.2) is 10.6 Å². The number of aromatic nitrogens is 2. The number of hydrogen-bond donors (Lipinski definition) is 2. The van der Waals surface area contributed by atoms with Crippen LogP contribution in [0.5, 0.6) is 0 Å². The molecule has 0 aromatic carbocycles. The molecule has 2 aromatic rings. The predicted octanol–water partition coefficient (Wildman–Crippen LogP) is 2.37. The lowest BCUT2D eigenvalue weighted by Gasteiger charge is -2.18. The van der Waals surface area contributed by atoms with Gasteiger partial charge in [-0.05, 0) is 39.2 Å². The number of urea groups is 1. The van der Waals surface area contributed by atoms with E-state index < -0.39 is 0 Å². The van der Waals surface area contributed by atoms with Crippen molar-refractivity contribution in [2.24, 2.45) is 0 Å². The van der Waals surface area contributed by atoms with Crippen molar-refractivity contribution in [1.82, 2.24) is 25.7 Å². The molecule has 2 aliphatic rings. The normalized spacial score (nSPS) is 19.7. The first-order chi connectivity index (χ1) is 13.0. The van der Waals surface area contributed by atoms with Crippen molar-refractivity contribution in [2.75, 3.05) is 20.1 Å². The van der Waals surface area contributed by atoms with Crippen molar-refractivity contribution in [3.63, 3.8) is 0 Å². The summed E-state index contributed by atoms with van der Waals surface area (Å²) in [7, 11) is 1.62. The average Bonchev–Trinajstić information content (AvgIpc) is 3.22. The van der Waals surface area contributed by atoms with Crippen molar-refractivity contribution in [3.05, 3.63) is 23.0 Å². The first-order valence-electron chi connectivity index (χ1n) is 9.55. The smallest absolute Gasteiger partial charge is 0.317 e. The number of nitrogens with zero attached hydrogens (tertiary/aromatic N) is 3. The lowest BCUT2D eigenvalue weighted by atomic mass is 9.98. The monoisotopic (exact) mass is 371 g/mol. The van der Waals surface area contributed by atoms with Gasteiger partial charge in [-0.25, -0.2) is 9.78 Å². The summed E-state index contributed by atoms with van der Waals surface area (Å²) in [4.78, 5) is 31.2. The van der Waals surface area contributed by atoms with Gasteiger partial charge in [-0.1, -0.05) is 5.16 Å². The van der Waals surface area contributed by atoms with Crippen molar-refractivity contribution in [1.29, 1.82) is 0 Å². The largest absolute Gasteiger partial charge is 0.355 e. The summed E-state index contributed by atoms with van der Waals surface area (Å²) < 4.78 is 5.52. The van der Waals surface area contributed by atoms with Gasteiger partial charge in [0.25, 0.3) is 11.6 Å². The Kier molecular flexibility index (Phi) is 4.49. The summed E-state index contributed by atoms with van der Waals surface area (Å²) in [5.74, 6) is 0.273. The minimum atomic E-state index is -0.166. The van der Waals surface area contributed by atoms with Crippen LogP contribution in [0.2, 0.25) is 0 Å². The van der Waals surface area contributed by atoms with Gasteiger partial charge in [0.2, 0.25) is 0 Å². The number of hydrogen-bond acceptors (Lipinski definition) is 5. The Bertz CT molecular complexity index is 887. The van der Waals surface area contributed by atoms with Crippen LogP contribution in [-0.2, 0) is 0 Å². The Morgan fingerprint density at radius 1 is 1.26 bits per heavy atom. The third kappa shape index (κ3) is 3.36. The molecule has 1 aliphatic heterocycles. The van der Waals surface area contributed by atoms with E-state index in [9.17, 15) is 9.59 Å². The van der Waals surface area contributed by atoms with Gasteiger partial charge in [0, 0.05) is 43.7 Å². The fraction of sp³-hybridized carbons (Fsp3) is 0.579. The standard InChI is InChI=1S/C19H25N5O3/c1-10(2)21-19(26)24-7-6-12(9-24)16-15-13(17(25)20-3)8-14(11-4-5-11)22-18(15)27-23-16/h8,10-12H,4-7,9H2,1-3H3,(H,20,25)(H,21,26). The van der Waals surface area contributed by atoms with Crippen LogP contribution in [0.1, 0.15) is 66.7 Å². The number of carbonyl (C=O) groups is 2. The second kappa shape index (κ2) is 6.83. The quantitative estimate of drug-likeness (QED) is 0.859. The van der Waals surface area contributed by atoms with E-state index in [0.717, 1.165) is 30.7 Å². The van der Waals surface area contributed by atoms with Gasteiger partial charge in [-0.2, -0.15) is 0 Å². The Morgan fingerprint density at radius 2 is 2.04 bits per heavy atom. The summed E-state index contributed by atoms with van der Waals surface area (Å²) in [5, 5.41) is 10.6. The van der Waals surface area contributed by atoms with Gasteiger partial charge in [-0.3, -0.25) is 4.79 Å². The maximum atomic E-state index is 12.5. The molecule has 4 rings (SSSR count). The SMILES string of the molecule is CNC(=O)c1cc(C2CC2)nc2onc(C3CCN(C(=O)NC(C)C)C3)c12. The van der Waals surface area contributed by atoms with E-state index in [4.69, 9.17) is 4.52 Å². The summed E-state index contributed by atoms with van der Waals surface area (Å²) in [6.07, 6.45) is 2.97. The molecule has 8 nitrogen and oxygen atoms in total. The first-order valence-corrected chi connectivity index (χ1v) is 9.55. The molecular formula is C19H25N5O3. The van der Waals surface area contributed by atoms with Gasteiger partial charge in [0.15, 0.2) is 0 Å². The molecule has 0 radical (unpaired) electrons. The van der Waals surface area contributed by atoms with E-state index >= 15 is 0 Å². The van der Waals surface area contributed by atoms with E-state index in [0.29, 0.717) is 35.7 Å². The fourth-order valence-electron chi connectivity index (χ4n) is 3.68. The summed E-state index contributed by atoms with van der Waals surface area (Å²) in [6, 6.07) is 1.90. The van der Waals surface area contributed by atoms with Crippen LogP contribution in [0.4, 0.5) is 4.79 Å². The fourth-order valence-corrected chi connectivity index (χ4v) is 3.68. The zero-order valence-corrected chi connectivity index (χ0v) is 15.9. The van der Waals surface area contributed by atoms with Crippen LogP contribution < -0.4 is 10.6 Å². The third-order valence-electron chi connectivity index (χ3n) is 5.23. The highest BCUT2D eigenvalue weighted by molar-refractivity contribution is 6.06. The van der Waals surface area contributed by atoms with Crippen molar-refractivity contribution in [2.45, 2.75) is 51.0 Å². The maximum Gasteiger partial charge on any atom is 0.317 e. The van der Waals surface area contributed by atoms with Gasteiger partial charge in [0.1, 0.15) is 0 Å². The van der Waals surface area contributed by atoms with E-state index in [2.05, 4.69) is 20.8 Å². The van der Waals surface area contributed by atoms with Crippen molar-refractivity contribution in [3.8, 4) is 0 Å². The topological polar surface area (TPSA) is 100 Å². The van der Waals surface area contributed by atoms with Crippen molar-refractivity contribution >= 4 is 23.0 Å². The predicted molar refractivity (Wildman–Crippen MR) is 99.8 cm³/mol. The van der Waals surface area contributed by atoms with Gasteiger partial charge >= 0.3 is 6.03 Å². The Hall–Kier alpha value is -2.64. The second-order valence-electron chi connectivity index (χ2n) is 7.73. The zero-order chi connectivity index (χ0) is 19.1. The number of fused-ring (bicyclic) bond motifs is 1. The van der Waals surface area contributed by atoms with E-state index in [1.54, 1.807) is 11.9 Å². The van der Waals surface area contributed by atoms with Gasteiger partial charge < -0.3 is 20.1 Å². The molecule has 144 valence electrons. The number of rotatable bonds is 4. The highest BCUT2D eigenvalue weighted by Gasteiger charge is 2.34. The van der Waals surface area contributed by atoms with Crippen LogP contribution in [0.25, 0.3) is 11.1 Å². The van der Waals surface area contributed by atoms with Gasteiger partial charge in [-0.15, -0.1) is 0 Å². The molecule has 1 aliphatic carbocycles. The Labute approximate surface area is 157 Å². The third-order valence-corrected chi connectivity index (χ3v) is 5.23. The lowest BCUT2D eigenvalue weighted by Crippen LogP contribution is -2.41. The average molecular weight is 371 g/mol. The van der Waals surface area contributed by atoms with Crippen LogP contribution in [0.3, 0.4) is 0 Å². The number of nitrogens with one attached hydrogen (secondary N) is 2. The van der Waals surface area contributed by atoms with E-state index in [-0.39, 0.29) is 23.9 Å². The van der Waals surface area contributed by atoms with Crippen LogP contribution >= 0.6 is 0 Å². The molecule has 2 N–H and O–H groups in total. The zero-order valence-electron chi connectivity index (χ0n) is 15.9. The molecule has 1 unspecified atom stereocenters. The Balaban J connectivity index is 1.66. The first kappa shape index (κ1) is 17.8. The Morgan fingerprint density at radius 3 is 2.70 bits per heavy atom. The molecule has 1 saturated heterocycles. The summed E-state index contributed by atoms with van der Waals surface area (Å²) in [5.41, 5.74) is 2.59. The molecule has 8 heteroatoms. The van der Waals surface area contributed by atoms with Crippen LogP contribution in [0, 0.1) is 0 Å². The second-order valence-corrected chi connectivity index (χ2v) is 7.73. The molecule has 1 atom stereocenters. The number of pyridine rings is 1. The summed E-state index contributed by atoms with van der Waals surface area (Å²) >= 11 is 0. The van der Waals surface area contributed by atoms with Crippen molar-refractivity contribution < 1.29 is 14.1 Å². The highest BCUT2D eigenvalue weighted by Crippen LogP contribution is 2.41. The molecule has 3 heterocycles. The molecule has 2 fully saturated rings. The van der Waals surface area contributed by atoms with Crippen LogP contribution in [-0.4, -0.2) is 53.2 Å². The highest BCUT2D eigenvalue weighted by atomic mass is 16.5. The molecule has 2 aromatic heterocycles. The molecule has 27 heavy (non-hydrogen) atoms. The number of likely N-dealkylation sites (tertiary alicyclic amines) is 1. The molecule has 0 spiro atoms. The number of amides is 3. The summed E-state index contributed by atoms with van der Waals surface area (Å²) in [6.45, 7) is 5.09. The molecule has 3 amide bonds.